The molecule has 1 N–H and O–H groups in total. The van der Waals surface area contributed by atoms with Gasteiger partial charge in [-0.25, -0.2) is 4.79 Å². The highest BCUT2D eigenvalue weighted by Gasteiger charge is 2.14. The maximum atomic E-state index is 11.3. The number of carboxylic acid groups (broad SMARTS) is 1. The van der Waals surface area contributed by atoms with Crippen molar-refractivity contribution in [3.63, 3.8) is 0 Å². The molecule has 0 heterocycles. The molecule has 0 spiro atoms. The monoisotopic (exact) mass is 278 g/mol. The van der Waals surface area contributed by atoms with Gasteiger partial charge in [-0.15, -0.1) is 11.6 Å². The van der Waals surface area contributed by atoms with Crippen molar-refractivity contribution < 1.29 is 22.5 Å². The van der Waals surface area contributed by atoms with Gasteiger partial charge in [-0.2, -0.15) is 8.42 Å². The van der Waals surface area contributed by atoms with Crippen molar-refractivity contribution in [1.82, 2.24) is 0 Å². The lowest BCUT2D eigenvalue weighted by molar-refractivity contribution is 0.0695. The van der Waals surface area contributed by atoms with Crippen molar-refractivity contribution >= 4 is 27.7 Å². The molecule has 0 fully saturated rings. The Morgan fingerprint density at radius 3 is 2.65 bits per heavy atom. The Kier molecular flexibility index (Phi) is 4.36. The van der Waals surface area contributed by atoms with E-state index in [0.29, 0.717) is 5.56 Å². The first-order valence-electron chi connectivity index (χ1n) is 4.68. The van der Waals surface area contributed by atoms with Crippen LogP contribution in [0.5, 0.6) is 5.75 Å². The Morgan fingerprint density at radius 1 is 1.47 bits per heavy atom. The smallest absolute Gasteiger partial charge is 0.336 e. The van der Waals surface area contributed by atoms with Crippen LogP contribution in [-0.2, 0) is 10.1 Å². The van der Waals surface area contributed by atoms with Crippen LogP contribution in [0.15, 0.2) is 18.2 Å². The Hall–Kier alpha value is -1.27. The maximum absolute atomic E-state index is 11.3. The molecule has 0 bridgehead atoms. The van der Waals surface area contributed by atoms with Gasteiger partial charge in [0, 0.05) is 5.88 Å². The zero-order chi connectivity index (χ0) is 13.1. The normalized spacial score (nSPS) is 11.2. The first kappa shape index (κ1) is 13.8. The Labute approximate surface area is 104 Å². The second kappa shape index (κ2) is 5.37. The number of carboxylic acids is 1. The second-order valence-corrected chi connectivity index (χ2v) is 5.38. The van der Waals surface area contributed by atoms with Crippen molar-refractivity contribution in [2.24, 2.45) is 0 Å². The molecule has 0 atom stereocenters. The SMILES string of the molecule is Cc1ccc(OS(=O)(=O)CCCl)cc1C(=O)O. The summed E-state index contributed by atoms with van der Waals surface area (Å²) in [5, 5.41) is 8.87. The highest BCUT2D eigenvalue weighted by molar-refractivity contribution is 7.87. The molecule has 0 saturated carbocycles. The molecule has 0 radical (unpaired) electrons. The molecule has 1 aromatic carbocycles. The van der Waals surface area contributed by atoms with E-state index in [1.54, 1.807) is 6.92 Å². The summed E-state index contributed by atoms with van der Waals surface area (Å²) in [5.41, 5.74) is 0.531. The maximum Gasteiger partial charge on any atom is 0.336 e. The number of hydrogen-bond donors (Lipinski definition) is 1. The van der Waals surface area contributed by atoms with Gasteiger partial charge in [-0.05, 0) is 24.6 Å². The lowest BCUT2D eigenvalue weighted by Gasteiger charge is -2.07. The average Bonchev–Trinajstić information content (AvgIpc) is 2.20. The zero-order valence-electron chi connectivity index (χ0n) is 9.01. The van der Waals surface area contributed by atoms with Crippen molar-refractivity contribution in [3.05, 3.63) is 29.3 Å². The van der Waals surface area contributed by atoms with E-state index in [4.69, 9.17) is 20.9 Å². The summed E-state index contributed by atoms with van der Waals surface area (Å²) in [6.45, 7) is 1.61. The largest absolute Gasteiger partial charge is 0.478 e. The van der Waals surface area contributed by atoms with Crippen molar-refractivity contribution in [3.8, 4) is 5.75 Å². The predicted octanol–water partition coefficient (Wildman–Crippen LogP) is 1.64. The molecule has 1 rings (SSSR count). The van der Waals surface area contributed by atoms with E-state index >= 15 is 0 Å². The fourth-order valence-electron chi connectivity index (χ4n) is 1.17. The van der Waals surface area contributed by atoms with Crippen LogP contribution in [-0.4, -0.2) is 31.1 Å². The molecule has 5 nitrogen and oxygen atoms in total. The molecule has 0 aliphatic rings. The second-order valence-electron chi connectivity index (χ2n) is 3.32. The molecule has 0 unspecified atom stereocenters. The van der Waals surface area contributed by atoms with E-state index in [0.717, 1.165) is 0 Å². The number of hydrogen-bond acceptors (Lipinski definition) is 4. The third-order valence-corrected chi connectivity index (χ3v) is 3.55. The van der Waals surface area contributed by atoms with Gasteiger partial charge in [-0.1, -0.05) is 6.07 Å². The minimum absolute atomic E-state index is 0.00331. The first-order valence-corrected chi connectivity index (χ1v) is 6.79. The number of carbonyl (C=O) groups is 1. The Bertz CT molecular complexity index is 523. The van der Waals surface area contributed by atoms with Gasteiger partial charge >= 0.3 is 16.1 Å². The molecular formula is C10H11ClO5S. The van der Waals surface area contributed by atoms with E-state index in [1.807, 2.05) is 0 Å². The lowest BCUT2D eigenvalue weighted by atomic mass is 10.1. The standard InChI is InChI=1S/C10H11ClO5S/c1-7-2-3-8(6-9(7)10(12)13)16-17(14,15)5-4-11/h2-3,6H,4-5H2,1H3,(H,12,13). The number of alkyl halides is 1. The minimum Gasteiger partial charge on any atom is -0.478 e. The zero-order valence-corrected chi connectivity index (χ0v) is 10.6. The Morgan fingerprint density at radius 2 is 2.12 bits per heavy atom. The molecule has 0 amide bonds. The molecule has 0 saturated heterocycles. The Balaban J connectivity index is 3.02. The third-order valence-electron chi connectivity index (χ3n) is 1.99. The van der Waals surface area contributed by atoms with E-state index in [2.05, 4.69) is 0 Å². The van der Waals surface area contributed by atoms with Crippen LogP contribution < -0.4 is 4.18 Å². The van der Waals surface area contributed by atoms with E-state index < -0.39 is 16.1 Å². The van der Waals surface area contributed by atoms with Crippen molar-refractivity contribution in [2.75, 3.05) is 11.6 Å². The summed E-state index contributed by atoms with van der Waals surface area (Å²) in [6.07, 6.45) is 0. The topological polar surface area (TPSA) is 80.7 Å². The number of aryl methyl sites for hydroxylation is 1. The summed E-state index contributed by atoms with van der Waals surface area (Å²) in [7, 11) is -3.76. The van der Waals surface area contributed by atoms with Crippen molar-refractivity contribution in [2.45, 2.75) is 6.92 Å². The average molecular weight is 279 g/mol. The number of rotatable bonds is 5. The number of benzene rings is 1. The van der Waals surface area contributed by atoms with Gasteiger partial charge < -0.3 is 9.29 Å². The number of halogens is 1. The highest BCUT2D eigenvalue weighted by Crippen LogP contribution is 2.19. The number of aromatic carboxylic acids is 1. The third kappa shape index (κ3) is 3.90. The fraction of sp³-hybridized carbons (Fsp3) is 0.300. The van der Waals surface area contributed by atoms with Crippen LogP contribution in [0.4, 0.5) is 0 Å². The van der Waals surface area contributed by atoms with E-state index in [1.165, 1.54) is 18.2 Å². The van der Waals surface area contributed by atoms with E-state index in [-0.39, 0.29) is 22.9 Å². The molecule has 7 heteroatoms. The molecule has 0 aliphatic heterocycles. The molecule has 94 valence electrons. The molecular weight excluding hydrogens is 268 g/mol. The van der Waals surface area contributed by atoms with Gasteiger partial charge in [0.25, 0.3) is 0 Å². The van der Waals surface area contributed by atoms with Gasteiger partial charge in [0.15, 0.2) is 0 Å². The van der Waals surface area contributed by atoms with Gasteiger partial charge in [-0.3, -0.25) is 0 Å². The van der Waals surface area contributed by atoms with Gasteiger partial charge in [0.2, 0.25) is 0 Å². The lowest BCUT2D eigenvalue weighted by Crippen LogP contribution is -2.15. The van der Waals surface area contributed by atoms with Gasteiger partial charge in [0.05, 0.1) is 11.3 Å². The summed E-state index contributed by atoms with van der Waals surface area (Å²) >= 11 is 5.31. The van der Waals surface area contributed by atoms with Crippen LogP contribution in [0, 0.1) is 6.92 Å². The summed E-state index contributed by atoms with van der Waals surface area (Å²) < 4.78 is 27.3. The van der Waals surface area contributed by atoms with Crippen LogP contribution in [0.2, 0.25) is 0 Å². The highest BCUT2D eigenvalue weighted by atomic mass is 35.5. The van der Waals surface area contributed by atoms with Crippen LogP contribution in [0.1, 0.15) is 15.9 Å². The van der Waals surface area contributed by atoms with Crippen LogP contribution in [0.25, 0.3) is 0 Å². The summed E-state index contributed by atoms with van der Waals surface area (Å²) in [4.78, 5) is 10.8. The van der Waals surface area contributed by atoms with Crippen LogP contribution in [0.3, 0.4) is 0 Å². The summed E-state index contributed by atoms with van der Waals surface area (Å²) in [5.74, 6) is -1.58. The minimum atomic E-state index is -3.76. The van der Waals surface area contributed by atoms with Crippen LogP contribution >= 0.6 is 11.6 Å². The predicted molar refractivity (Wildman–Crippen MR) is 63.3 cm³/mol. The quantitative estimate of drug-likeness (QED) is 0.654. The molecule has 0 aromatic heterocycles. The fourth-order valence-corrected chi connectivity index (χ4v) is 2.40. The van der Waals surface area contributed by atoms with Crippen molar-refractivity contribution in [1.29, 1.82) is 0 Å². The summed E-state index contributed by atoms with van der Waals surface area (Å²) in [6, 6.07) is 4.05. The molecule has 1 aromatic rings. The molecule has 0 aliphatic carbocycles. The first-order chi connectivity index (χ1) is 7.85. The van der Waals surface area contributed by atoms with Gasteiger partial charge in [0.1, 0.15) is 5.75 Å². The molecule has 17 heavy (non-hydrogen) atoms. The van der Waals surface area contributed by atoms with E-state index in [9.17, 15) is 13.2 Å².